The van der Waals surface area contributed by atoms with E-state index < -0.39 is 37.2 Å². The number of anilines is 2. The SMILES string of the molecule is C[C@H](OCC[C@H](C)NC(=O)OC(C)(C)C)c1cc(N(C(=O)OC(C)(C)C)c2cc([C@H]3CC[C@@H](O[Si](C)(C)C(C)(C)C)C3)nn2C(C)(C)C)ccn1. The van der Waals surface area contributed by atoms with Crippen molar-refractivity contribution >= 4 is 32.0 Å². The van der Waals surface area contributed by atoms with Crippen molar-refractivity contribution in [2.45, 2.75) is 182 Å². The summed E-state index contributed by atoms with van der Waals surface area (Å²) >= 11 is 0. The first kappa shape index (κ1) is 42.4. The Morgan fingerprint density at radius 3 is 2.16 bits per heavy atom. The standard InChI is InChI=1S/C39H67N5O6Si/c1-26(41-34(45)48-37(6,7)8)20-22-47-27(2)31-24-29(19-21-40-31)43(35(46)49-38(9,10)11)33-25-32(42-44(33)36(3,4)5)28-17-18-30(23-28)50-51(15,16)39(12,13)14/h19,21,24-28,30H,17-18,20,22-23H2,1-16H3,(H,41,45)/t26-,27-,28-,30+/m0/s1. The zero-order valence-corrected chi connectivity index (χ0v) is 35.4. The molecule has 2 heterocycles. The number of aromatic nitrogens is 3. The van der Waals surface area contributed by atoms with Crippen LogP contribution < -0.4 is 10.2 Å². The Morgan fingerprint density at radius 1 is 0.961 bits per heavy atom. The molecular formula is C39H67N5O6Si. The van der Waals surface area contributed by atoms with Crippen LogP contribution in [0.3, 0.4) is 0 Å². The Balaban J connectivity index is 1.90. The second-order valence-electron chi connectivity index (χ2n) is 18.6. The molecule has 2 aromatic heterocycles. The predicted octanol–water partition coefficient (Wildman–Crippen LogP) is 10.1. The molecule has 1 aliphatic carbocycles. The molecule has 2 amide bonds. The van der Waals surface area contributed by atoms with Crippen molar-refractivity contribution in [3.63, 3.8) is 0 Å². The fourth-order valence-electron chi connectivity index (χ4n) is 5.68. The lowest BCUT2D eigenvalue weighted by Crippen LogP contribution is -2.43. The molecule has 0 radical (unpaired) electrons. The summed E-state index contributed by atoms with van der Waals surface area (Å²) in [5.74, 6) is 0.851. The van der Waals surface area contributed by atoms with E-state index in [1.807, 2.05) is 78.3 Å². The van der Waals surface area contributed by atoms with Gasteiger partial charge in [0, 0.05) is 36.9 Å². The van der Waals surface area contributed by atoms with Crippen LogP contribution in [0.4, 0.5) is 21.1 Å². The molecule has 288 valence electrons. The monoisotopic (exact) mass is 729 g/mol. The molecule has 1 aliphatic rings. The van der Waals surface area contributed by atoms with Crippen LogP contribution in [0, 0.1) is 0 Å². The quantitative estimate of drug-likeness (QED) is 0.227. The van der Waals surface area contributed by atoms with Gasteiger partial charge in [-0.25, -0.2) is 19.2 Å². The summed E-state index contributed by atoms with van der Waals surface area (Å²) in [6.07, 6.45) is 4.01. The molecule has 3 rings (SSSR count). The fourth-order valence-corrected chi connectivity index (χ4v) is 7.08. The molecule has 0 bridgehead atoms. The van der Waals surface area contributed by atoms with Gasteiger partial charge in [-0.2, -0.15) is 5.10 Å². The first-order valence-electron chi connectivity index (χ1n) is 18.6. The number of pyridine rings is 1. The van der Waals surface area contributed by atoms with Gasteiger partial charge in [0.05, 0.1) is 28.7 Å². The maximum absolute atomic E-state index is 14.1. The lowest BCUT2D eigenvalue weighted by molar-refractivity contribution is 0.0434. The summed E-state index contributed by atoms with van der Waals surface area (Å²) in [5.41, 5.74) is 0.504. The molecule has 0 saturated heterocycles. The Morgan fingerprint density at radius 2 is 1.59 bits per heavy atom. The predicted molar refractivity (Wildman–Crippen MR) is 206 cm³/mol. The van der Waals surface area contributed by atoms with Crippen LogP contribution in [-0.2, 0) is 24.2 Å². The van der Waals surface area contributed by atoms with E-state index in [0.717, 1.165) is 25.0 Å². The Kier molecular flexibility index (Phi) is 13.3. The first-order chi connectivity index (χ1) is 23.2. The molecule has 51 heavy (non-hydrogen) atoms. The maximum Gasteiger partial charge on any atom is 0.420 e. The van der Waals surface area contributed by atoms with Crippen molar-refractivity contribution in [1.82, 2.24) is 20.1 Å². The first-order valence-corrected chi connectivity index (χ1v) is 21.5. The van der Waals surface area contributed by atoms with Crippen LogP contribution in [0.25, 0.3) is 0 Å². The lowest BCUT2D eigenvalue weighted by atomic mass is 10.0. The molecule has 4 atom stereocenters. The van der Waals surface area contributed by atoms with Gasteiger partial charge in [0.1, 0.15) is 17.0 Å². The van der Waals surface area contributed by atoms with Crippen LogP contribution in [0.15, 0.2) is 24.4 Å². The Hall–Kier alpha value is -2.96. The molecule has 1 saturated carbocycles. The minimum absolute atomic E-state index is 0.142. The molecule has 1 N–H and O–H groups in total. The van der Waals surface area contributed by atoms with Crippen molar-refractivity contribution in [2.75, 3.05) is 11.5 Å². The van der Waals surface area contributed by atoms with Crippen molar-refractivity contribution in [2.24, 2.45) is 0 Å². The second kappa shape index (κ2) is 16.0. The van der Waals surface area contributed by atoms with Crippen molar-refractivity contribution in [3.05, 3.63) is 35.8 Å². The second-order valence-corrected chi connectivity index (χ2v) is 23.4. The van der Waals surface area contributed by atoms with Crippen LogP contribution >= 0.6 is 0 Å². The van der Waals surface area contributed by atoms with Crippen LogP contribution in [0.5, 0.6) is 0 Å². The van der Waals surface area contributed by atoms with Crippen LogP contribution in [0.2, 0.25) is 18.1 Å². The summed E-state index contributed by atoms with van der Waals surface area (Å²) < 4.78 is 26.3. The minimum atomic E-state index is -1.91. The summed E-state index contributed by atoms with van der Waals surface area (Å²) in [6.45, 7) is 33.0. The molecule has 12 heteroatoms. The number of nitrogens with one attached hydrogen (secondary N) is 1. The van der Waals surface area contributed by atoms with E-state index in [9.17, 15) is 9.59 Å². The number of nitrogens with zero attached hydrogens (tertiary/aromatic N) is 4. The molecule has 0 aromatic carbocycles. The third-order valence-corrected chi connectivity index (χ3v) is 13.9. The normalized spacial score (nSPS) is 18.7. The third kappa shape index (κ3) is 12.3. The van der Waals surface area contributed by atoms with Crippen molar-refractivity contribution in [1.29, 1.82) is 0 Å². The summed E-state index contributed by atoms with van der Waals surface area (Å²) in [4.78, 5) is 32.5. The Labute approximate surface area is 308 Å². The fraction of sp³-hybridized carbons (Fsp3) is 0.744. The van der Waals surface area contributed by atoms with Gasteiger partial charge < -0.3 is 24.0 Å². The lowest BCUT2D eigenvalue weighted by Gasteiger charge is -2.38. The topological polar surface area (TPSA) is 117 Å². The largest absolute Gasteiger partial charge is 0.444 e. The number of hydrogen-bond acceptors (Lipinski definition) is 8. The van der Waals surface area contributed by atoms with E-state index in [1.165, 1.54) is 0 Å². The highest BCUT2D eigenvalue weighted by atomic mass is 28.4. The summed E-state index contributed by atoms with van der Waals surface area (Å²) in [7, 11) is -1.91. The average Bonchev–Trinajstić information content (AvgIpc) is 3.58. The number of rotatable bonds is 11. The highest BCUT2D eigenvalue weighted by Gasteiger charge is 2.42. The van der Waals surface area contributed by atoms with Gasteiger partial charge in [0.15, 0.2) is 8.32 Å². The van der Waals surface area contributed by atoms with Gasteiger partial charge in [-0.15, -0.1) is 0 Å². The summed E-state index contributed by atoms with van der Waals surface area (Å²) in [5, 5.41) is 8.16. The minimum Gasteiger partial charge on any atom is -0.444 e. The van der Waals surface area contributed by atoms with Gasteiger partial charge in [-0.1, -0.05) is 20.8 Å². The number of hydrogen-bond donors (Lipinski definition) is 1. The average molecular weight is 730 g/mol. The smallest absolute Gasteiger partial charge is 0.420 e. The van der Waals surface area contributed by atoms with Crippen LogP contribution in [0.1, 0.15) is 146 Å². The number of carbonyl (C=O) groups excluding carboxylic acids is 2. The van der Waals surface area contributed by atoms with E-state index in [0.29, 0.717) is 30.2 Å². The van der Waals surface area contributed by atoms with E-state index in [-0.39, 0.29) is 29.2 Å². The van der Waals surface area contributed by atoms with Gasteiger partial charge in [-0.05, 0) is 132 Å². The molecule has 2 aromatic rings. The highest BCUT2D eigenvalue weighted by Crippen LogP contribution is 2.44. The van der Waals surface area contributed by atoms with Gasteiger partial charge in [0.25, 0.3) is 0 Å². The number of alkyl carbamates (subject to hydrolysis) is 1. The molecule has 1 fully saturated rings. The molecular weight excluding hydrogens is 663 g/mol. The highest BCUT2D eigenvalue weighted by molar-refractivity contribution is 6.74. The van der Waals surface area contributed by atoms with E-state index in [1.54, 1.807) is 11.1 Å². The molecule has 0 unspecified atom stereocenters. The van der Waals surface area contributed by atoms with Gasteiger partial charge in [0.2, 0.25) is 0 Å². The zero-order valence-electron chi connectivity index (χ0n) is 34.4. The van der Waals surface area contributed by atoms with E-state index in [2.05, 4.69) is 64.9 Å². The number of ether oxygens (including phenoxy) is 3. The maximum atomic E-state index is 14.1. The van der Waals surface area contributed by atoms with E-state index >= 15 is 0 Å². The molecule has 0 aliphatic heterocycles. The van der Waals surface area contributed by atoms with Gasteiger partial charge >= 0.3 is 12.2 Å². The van der Waals surface area contributed by atoms with Crippen molar-refractivity contribution in [3.8, 4) is 0 Å². The summed E-state index contributed by atoms with van der Waals surface area (Å²) in [6, 6.07) is 5.59. The van der Waals surface area contributed by atoms with E-state index in [4.69, 9.17) is 23.7 Å². The zero-order chi connectivity index (χ0) is 38.7. The Bertz CT molecular complexity index is 1480. The molecule has 0 spiro atoms. The number of amides is 2. The van der Waals surface area contributed by atoms with Crippen molar-refractivity contribution < 1.29 is 28.2 Å². The third-order valence-electron chi connectivity index (χ3n) is 9.34. The van der Waals surface area contributed by atoms with Crippen LogP contribution in [-0.4, -0.2) is 65.2 Å². The van der Waals surface area contributed by atoms with Gasteiger partial charge in [-0.3, -0.25) is 4.98 Å². The number of carbonyl (C=O) groups is 2. The molecule has 11 nitrogen and oxygen atoms in total.